The lowest BCUT2D eigenvalue weighted by Crippen LogP contribution is -2.49. The van der Waals surface area contributed by atoms with E-state index in [0.29, 0.717) is 36.8 Å². The first-order chi connectivity index (χ1) is 15.5. The van der Waals surface area contributed by atoms with Crippen molar-refractivity contribution in [1.29, 1.82) is 0 Å². The van der Waals surface area contributed by atoms with Gasteiger partial charge in [0.1, 0.15) is 0 Å². The maximum absolute atomic E-state index is 13.3. The molecule has 0 radical (unpaired) electrons. The van der Waals surface area contributed by atoms with Crippen molar-refractivity contribution in [2.45, 2.75) is 0 Å². The molecule has 164 valence electrons. The number of aromatic nitrogens is 2. The van der Waals surface area contributed by atoms with Gasteiger partial charge in [0.25, 0.3) is 5.91 Å². The second-order valence-corrected chi connectivity index (χ2v) is 9.21. The third kappa shape index (κ3) is 4.13. The van der Waals surface area contributed by atoms with Crippen LogP contribution < -0.4 is 10.6 Å². The molecule has 4 N–H and O–H groups in total. The number of carbonyl (C=O) groups excluding carboxylic acids is 2. The molecule has 7 nitrogen and oxygen atoms in total. The Morgan fingerprint density at radius 1 is 1.12 bits per heavy atom. The van der Waals surface area contributed by atoms with Gasteiger partial charge in [-0.15, -0.1) is 0 Å². The Bertz CT molecular complexity index is 1350. The van der Waals surface area contributed by atoms with Gasteiger partial charge in [-0.2, -0.15) is 0 Å². The summed E-state index contributed by atoms with van der Waals surface area (Å²) in [6.07, 6.45) is 0. The Balaban J connectivity index is 1.46. The van der Waals surface area contributed by atoms with Crippen LogP contribution in [0.4, 0.5) is 0 Å². The van der Waals surface area contributed by atoms with Crippen molar-refractivity contribution in [2.75, 3.05) is 32.7 Å². The number of rotatable bonds is 5. The van der Waals surface area contributed by atoms with Gasteiger partial charge in [-0.05, 0) is 36.4 Å². The molecule has 3 heterocycles. The summed E-state index contributed by atoms with van der Waals surface area (Å²) in [5.41, 5.74) is 3.93. The van der Waals surface area contributed by atoms with Crippen LogP contribution in [0.2, 0.25) is 5.02 Å². The van der Waals surface area contributed by atoms with E-state index in [0.717, 1.165) is 44.2 Å². The predicted octanol–water partition coefficient (Wildman–Crippen LogP) is 3.89. The van der Waals surface area contributed by atoms with E-state index in [1.807, 2.05) is 47.4 Å². The largest absolute Gasteiger partial charge is 0.354 e. The summed E-state index contributed by atoms with van der Waals surface area (Å²) in [5.74, 6) is -0.141. The number of nitrogens with one attached hydrogen (secondary N) is 4. The standard InChI is InChI=1S/C23H21BrClN5O2/c24-14-1-3-16-18(11-14)29-22(19-10-13-9-15(25)2-4-17(13)28-19)21(16)23(32)27-6-8-30-7-5-26-20(31)12-30/h1-4,9-11,28-29H,5-8,12H2,(H,26,31)(H,27,32). The highest BCUT2D eigenvalue weighted by molar-refractivity contribution is 9.10. The number of nitrogens with zero attached hydrogens (tertiary/aromatic N) is 1. The molecular weight excluding hydrogens is 494 g/mol. The number of carbonyl (C=O) groups is 2. The van der Waals surface area contributed by atoms with Gasteiger partial charge in [-0.3, -0.25) is 14.5 Å². The molecule has 2 amide bonds. The zero-order valence-electron chi connectivity index (χ0n) is 17.1. The van der Waals surface area contributed by atoms with Crippen LogP contribution in [-0.4, -0.2) is 59.4 Å². The molecule has 1 aliphatic rings. The van der Waals surface area contributed by atoms with Crippen LogP contribution in [0.15, 0.2) is 46.9 Å². The van der Waals surface area contributed by atoms with Crippen LogP contribution in [0.25, 0.3) is 33.2 Å². The monoisotopic (exact) mass is 513 g/mol. The van der Waals surface area contributed by atoms with E-state index in [-0.39, 0.29) is 11.8 Å². The molecule has 4 aromatic rings. The lowest BCUT2D eigenvalue weighted by atomic mass is 10.1. The molecule has 9 heteroatoms. The first kappa shape index (κ1) is 21.1. The van der Waals surface area contributed by atoms with Gasteiger partial charge in [0.05, 0.1) is 23.5 Å². The summed E-state index contributed by atoms with van der Waals surface area (Å²) < 4.78 is 0.927. The average molecular weight is 515 g/mol. The Hall–Kier alpha value is -2.81. The summed E-state index contributed by atoms with van der Waals surface area (Å²) >= 11 is 9.65. The van der Waals surface area contributed by atoms with Gasteiger partial charge in [-0.1, -0.05) is 33.6 Å². The fourth-order valence-corrected chi connectivity index (χ4v) is 4.69. The van der Waals surface area contributed by atoms with Crippen molar-refractivity contribution in [3.05, 3.63) is 57.5 Å². The Labute approximate surface area is 197 Å². The Morgan fingerprint density at radius 3 is 2.84 bits per heavy atom. The lowest BCUT2D eigenvalue weighted by Gasteiger charge is -2.26. The molecule has 0 aliphatic carbocycles. The van der Waals surface area contributed by atoms with E-state index in [1.54, 1.807) is 0 Å². The van der Waals surface area contributed by atoms with E-state index < -0.39 is 0 Å². The molecule has 0 unspecified atom stereocenters. The minimum absolute atomic E-state index is 0.0194. The summed E-state index contributed by atoms with van der Waals surface area (Å²) in [7, 11) is 0. The van der Waals surface area contributed by atoms with E-state index in [9.17, 15) is 9.59 Å². The molecule has 2 aromatic carbocycles. The van der Waals surface area contributed by atoms with E-state index >= 15 is 0 Å². The van der Waals surface area contributed by atoms with Gasteiger partial charge in [-0.25, -0.2) is 0 Å². The van der Waals surface area contributed by atoms with Crippen molar-refractivity contribution < 1.29 is 9.59 Å². The molecule has 0 saturated carbocycles. The molecule has 1 aliphatic heterocycles. The lowest BCUT2D eigenvalue weighted by molar-refractivity contribution is -0.124. The van der Waals surface area contributed by atoms with Crippen LogP contribution in [-0.2, 0) is 4.79 Å². The number of hydrogen-bond acceptors (Lipinski definition) is 3. The fraction of sp³-hybridized carbons (Fsp3) is 0.217. The van der Waals surface area contributed by atoms with Crippen LogP contribution in [0.5, 0.6) is 0 Å². The van der Waals surface area contributed by atoms with Crippen molar-refractivity contribution >= 4 is 61.2 Å². The molecule has 2 aromatic heterocycles. The quantitative estimate of drug-likeness (QED) is 0.325. The SMILES string of the molecule is O=C1CN(CCNC(=O)c2c(-c3cc4cc(Cl)ccc4[nH]3)[nH]c3cc(Br)ccc23)CCN1. The van der Waals surface area contributed by atoms with Gasteiger partial charge < -0.3 is 20.6 Å². The summed E-state index contributed by atoms with van der Waals surface area (Å²) in [6, 6.07) is 13.5. The number of hydrogen-bond donors (Lipinski definition) is 4. The third-order valence-electron chi connectivity index (χ3n) is 5.67. The molecule has 1 saturated heterocycles. The first-order valence-electron chi connectivity index (χ1n) is 10.3. The van der Waals surface area contributed by atoms with E-state index in [1.165, 1.54) is 0 Å². The maximum atomic E-state index is 13.3. The Morgan fingerprint density at radius 2 is 2.00 bits per heavy atom. The minimum Gasteiger partial charge on any atom is -0.354 e. The van der Waals surface area contributed by atoms with Crippen LogP contribution >= 0.6 is 27.5 Å². The molecule has 0 spiro atoms. The second kappa shape index (κ2) is 8.61. The highest BCUT2D eigenvalue weighted by Crippen LogP contribution is 2.33. The van der Waals surface area contributed by atoms with E-state index in [2.05, 4.69) is 36.5 Å². The molecule has 5 rings (SSSR count). The number of amides is 2. The van der Waals surface area contributed by atoms with Crippen molar-refractivity contribution in [1.82, 2.24) is 25.5 Å². The summed E-state index contributed by atoms with van der Waals surface area (Å²) in [4.78, 5) is 33.7. The molecule has 0 bridgehead atoms. The van der Waals surface area contributed by atoms with Crippen LogP contribution in [0.1, 0.15) is 10.4 Å². The van der Waals surface area contributed by atoms with Crippen molar-refractivity contribution in [2.24, 2.45) is 0 Å². The highest BCUT2D eigenvalue weighted by atomic mass is 79.9. The smallest absolute Gasteiger partial charge is 0.254 e. The number of aromatic amines is 2. The molecular formula is C23H21BrClN5O2. The normalized spacial score (nSPS) is 14.8. The number of H-pyrrole nitrogens is 2. The maximum Gasteiger partial charge on any atom is 0.254 e. The number of piperazine rings is 1. The van der Waals surface area contributed by atoms with Gasteiger partial charge in [0.2, 0.25) is 5.91 Å². The third-order valence-corrected chi connectivity index (χ3v) is 6.40. The van der Waals surface area contributed by atoms with Crippen LogP contribution in [0.3, 0.4) is 0 Å². The van der Waals surface area contributed by atoms with E-state index in [4.69, 9.17) is 11.6 Å². The number of fused-ring (bicyclic) bond motifs is 2. The predicted molar refractivity (Wildman–Crippen MR) is 130 cm³/mol. The second-order valence-electron chi connectivity index (χ2n) is 7.86. The van der Waals surface area contributed by atoms with Gasteiger partial charge in [0, 0.05) is 57.5 Å². The zero-order valence-corrected chi connectivity index (χ0v) is 19.4. The molecule has 1 fully saturated rings. The van der Waals surface area contributed by atoms with Crippen LogP contribution in [0, 0.1) is 0 Å². The highest BCUT2D eigenvalue weighted by Gasteiger charge is 2.22. The minimum atomic E-state index is -0.160. The summed E-state index contributed by atoms with van der Waals surface area (Å²) in [5, 5.41) is 8.32. The zero-order chi connectivity index (χ0) is 22.2. The number of benzene rings is 2. The molecule has 0 atom stereocenters. The van der Waals surface area contributed by atoms with Gasteiger partial charge >= 0.3 is 0 Å². The fourth-order valence-electron chi connectivity index (χ4n) is 4.14. The van der Waals surface area contributed by atoms with Crippen molar-refractivity contribution in [3.8, 4) is 11.4 Å². The van der Waals surface area contributed by atoms with Gasteiger partial charge in [0.15, 0.2) is 0 Å². The Kier molecular flexibility index (Phi) is 5.67. The molecule has 32 heavy (non-hydrogen) atoms. The average Bonchev–Trinajstić information content (AvgIpc) is 3.34. The number of halogens is 2. The topological polar surface area (TPSA) is 93.0 Å². The summed E-state index contributed by atoms with van der Waals surface area (Å²) in [6.45, 7) is 2.86. The van der Waals surface area contributed by atoms with Crippen molar-refractivity contribution in [3.63, 3.8) is 0 Å². The first-order valence-corrected chi connectivity index (χ1v) is 11.5.